The Kier molecular flexibility index (Phi) is 4.98. The van der Waals surface area contributed by atoms with Gasteiger partial charge in [-0.3, -0.25) is 0 Å². The van der Waals surface area contributed by atoms with Crippen LogP contribution in [0.4, 0.5) is 4.79 Å². The second kappa shape index (κ2) is 6.50. The van der Waals surface area contributed by atoms with Crippen molar-refractivity contribution in [1.82, 2.24) is 10.6 Å². The first-order valence-electron chi connectivity index (χ1n) is 6.57. The van der Waals surface area contributed by atoms with Crippen molar-refractivity contribution in [3.63, 3.8) is 0 Å². The first kappa shape index (κ1) is 13.0. The molecule has 0 bridgehead atoms. The van der Waals surface area contributed by atoms with Gasteiger partial charge in [0.15, 0.2) is 0 Å². The van der Waals surface area contributed by atoms with Gasteiger partial charge in [-0.2, -0.15) is 11.8 Å². The zero-order chi connectivity index (χ0) is 12.1. The number of thioether (sulfide) groups is 1. The number of amides is 2. The normalized spacial score (nSPS) is 31.1. The van der Waals surface area contributed by atoms with Crippen LogP contribution < -0.4 is 10.6 Å². The Morgan fingerprint density at radius 3 is 3.06 bits per heavy atom. The van der Waals surface area contributed by atoms with Crippen molar-refractivity contribution in [3.8, 4) is 0 Å². The van der Waals surface area contributed by atoms with Crippen molar-refractivity contribution in [1.29, 1.82) is 0 Å². The van der Waals surface area contributed by atoms with Gasteiger partial charge in [0.25, 0.3) is 0 Å². The Morgan fingerprint density at radius 2 is 2.24 bits per heavy atom. The SMILES string of the molecule is CCOCCCCCC1SCC2NC(=O)NC21. The summed E-state index contributed by atoms with van der Waals surface area (Å²) in [4.78, 5) is 11.2. The fourth-order valence-corrected chi connectivity index (χ4v) is 4.06. The van der Waals surface area contributed by atoms with E-state index in [1.165, 1.54) is 19.3 Å². The summed E-state index contributed by atoms with van der Waals surface area (Å²) in [5.74, 6) is 1.06. The molecule has 2 amide bonds. The maximum Gasteiger partial charge on any atom is 0.315 e. The number of ether oxygens (including phenoxy) is 1. The second-order valence-corrected chi connectivity index (χ2v) is 5.94. The number of rotatable bonds is 7. The smallest absolute Gasteiger partial charge is 0.315 e. The molecule has 5 heteroatoms. The van der Waals surface area contributed by atoms with Gasteiger partial charge in [-0.25, -0.2) is 4.79 Å². The number of nitrogens with one attached hydrogen (secondary N) is 2. The Labute approximate surface area is 107 Å². The Balaban J connectivity index is 1.59. The van der Waals surface area contributed by atoms with E-state index in [0.29, 0.717) is 17.3 Å². The average Bonchev–Trinajstić information content (AvgIpc) is 2.83. The van der Waals surface area contributed by atoms with Gasteiger partial charge in [0, 0.05) is 24.2 Å². The van der Waals surface area contributed by atoms with Gasteiger partial charge in [-0.1, -0.05) is 12.8 Å². The molecule has 0 spiro atoms. The van der Waals surface area contributed by atoms with Crippen LogP contribution >= 0.6 is 11.8 Å². The van der Waals surface area contributed by atoms with Gasteiger partial charge in [0.05, 0.1) is 12.1 Å². The van der Waals surface area contributed by atoms with Gasteiger partial charge >= 0.3 is 6.03 Å². The Morgan fingerprint density at radius 1 is 1.35 bits per heavy atom. The summed E-state index contributed by atoms with van der Waals surface area (Å²) in [7, 11) is 0. The highest BCUT2D eigenvalue weighted by atomic mass is 32.2. The zero-order valence-electron chi connectivity index (χ0n) is 10.4. The van der Waals surface area contributed by atoms with E-state index in [1.54, 1.807) is 0 Å². The van der Waals surface area contributed by atoms with Crippen molar-refractivity contribution in [2.75, 3.05) is 19.0 Å². The van der Waals surface area contributed by atoms with Crippen LogP contribution in [-0.4, -0.2) is 42.3 Å². The monoisotopic (exact) mass is 258 g/mol. The molecule has 0 aromatic carbocycles. The lowest BCUT2D eigenvalue weighted by Gasteiger charge is -2.16. The van der Waals surface area contributed by atoms with E-state index < -0.39 is 0 Å². The largest absolute Gasteiger partial charge is 0.382 e. The summed E-state index contributed by atoms with van der Waals surface area (Å²) in [5.41, 5.74) is 0. The van der Waals surface area contributed by atoms with Gasteiger partial charge in [0.1, 0.15) is 0 Å². The molecule has 2 N–H and O–H groups in total. The minimum atomic E-state index is 0.0154. The number of urea groups is 1. The molecule has 0 aromatic heterocycles. The third-order valence-corrected chi connectivity index (χ3v) is 4.93. The van der Waals surface area contributed by atoms with Gasteiger partial charge < -0.3 is 15.4 Å². The van der Waals surface area contributed by atoms with Crippen LogP contribution in [-0.2, 0) is 4.74 Å². The van der Waals surface area contributed by atoms with E-state index in [0.717, 1.165) is 25.4 Å². The van der Waals surface area contributed by atoms with Crippen molar-refractivity contribution >= 4 is 17.8 Å². The highest BCUT2D eigenvalue weighted by Gasteiger charge is 2.42. The van der Waals surface area contributed by atoms with Crippen LogP contribution in [0.3, 0.4) is 0 Å². The van der Waals surface area contributed by atoms with Crippen LogP contribution in [0.15, 0.2) is 0 Å². The van der Waals surface area contributed by atoms with Gasteiger partial charge in [0.2, 0.25) is 0 Å². The molecule has 3 atom stereocenters. The Bertz CT molecular complexity index is 263. The van der Waals surface area contributed by atoms with E-state index in [-0.39, 0.29) is 6.03 Å². The van der Waals surface area contributed by atoms with Gasteiger partial charge in [-0.05, 0) is 19.8 Å². The lowest BCUT2D eigenvalue weighted by molar-refractivity contribution is 0.143. The molecular weight excluding hydrogens is 236 g/mol. The molecular formula is C12H22N2O2S. The summed E-state index contributed by atoms with van der Waals surface area (Å²) in [6, 6.07) is 0.738. The number of hydrogen-bond acceptors (Lipinski definition) is 3. The van der Waals surface area contributed by atoms with Crippen LogP contribution in [0, 0.1) is 0 Å². The molecule has 2 aliphatic heterocycles. The maximum atomic E-state index is 11.2. The van der Waals surface area contributed by atoms with E-state index in [4.69, 9.17) is 4.74 Å². The predicted octanol–water partition coefficient (Wildman–Crippen LogP) is 1.75. The van der Waals surface area contributed by atoms with Crippen LogP contribution in [0.1, 0.15) is 32.6 Å². The highest BCUT2D eigenvalue weighted by molar-refractivity contribution is 8.00. The summed E-state index contributed by atoms with van der Waals surface area (Å²) in [6.45, 7) is 3.74. The molecule has 0 aliphatic carbocycles. The van der Waals surface area contributed by atoms with Crippen LogP contribution in [0.2, 0.25) is 0 Å². The molecule has 98 valence electrons. The first-order valence-corrected chi connectivity index (χ1v) is 7.62. The molecule has 0 saturated carbocycles. The fourth-order valence-electron chi connectivity index (χ4n) is 2.51. The fraction of sp³-hybridized carbons (Fsp3) is 0.917. The zero-order valence-corrected chi connectivity index (χ0v) is 11.2. The first-order chi connectivity index (χ1) is 8.31. The quantitative estimate of drug-likeness (QED) is 0.540. The summed E-state index contributed by atoms with van der Waals surface area (Å²) in [5, 5.41) is 6.61. The van der Waals surface area contributed by atoms with E-state index in [2.05, 4.69) is 10.6 Å². The predicted molar refractivity (Wildman–Crippen MR) is 70.5 cm³/mol. The summed E-state index contributed by atoms with van der Waals surface area (Å²) >= 11 is 2.00. The van der Waals surface area contributed by atoms with E-state index >= 15 is 0 Å². The minimum absolute atomic E-state index is 0.0154. The number of carbonyl (C=O) groups is 1. The molecule has 4 nitrogen and oxygen atoms in total. The molecule has 0 aromatic rings. The molecule has 17 heavy (non-hydrogen) atoms. The highest BCUT2D eigenvalue weighted by Crippen LogP contribution is 2.33. The molecule has 2 heterocycles. The lowest BCUT2D eigenvalue weighted by Crippen LogP contribution is -2.36. The van der Waals surface area contributed by atoms with Crippen molar-refractivity contribution in [2.24, 2.45) is 0 Å². The van der Waals surface area contributed by atoms with Crippen LogP contribution in [0.25, 0.3) is 0 Å². The van der Waals surface area contributed by atoms with Crippen molar-refractivity contribution in [3.05, 3.63) is 0 Å². The topological polar surface area (TPSA) is 50.4 Å². The molecule has 3 unspecified atom stereocenters. The lowest BCUT2D eigenvalue weighted by atomic mass is 10.0. The third-order valence-electron chi connectivity index (χ3n) is 3.42. The van der Waals surface area contributed by atoms with Crippen molar-refractivity contribution < 1.29 is 9.53 Å². The third kappa shape index (κ3) is 3.52. The Hall–Kier alpha value is -0.420. The van der Waals surface area contributed by atoms with E-state index in [1.807, 2.05) is 18.7 Å². The summed E-state index contributed by atoms with van der Waals surface area (Å²) < 4.78 is 5.32. The standard InChI is InChI=1S/C12H22N2O2S/c1-2-16-7-5-3-4-6-10-11-9(8-17-10)13-12(15)14-11/h9-11H,2-8H2,1H3,(H2,13,14,15). The van der Waals surface area contributed by atoms with E-state index in [9.17, 15) is 4.79 Å². The molecule has 2 aliphatic rings. The summed E-state index contributed by atoms with van der Waals surface area (Å²) in [6.07, 6.45) is 4.84. The van der Waals surface area contributed by atoms with Crippen LogP contribution in [0.5, 0.6) is 0 Å². The molecule has 2 rings (SSSR count). The van der Waals surface area contributed by atoms with Crippen molar-refractivity contribution in [2.45, 2.75) is 49.9 Å². The molecule has 2 saturated heterocycles. The molecule has 0 radical (unpaired) electrons. The second-order valence-electron chi connectivity index (χ2n) is 4.67. The number of fused-ring (bicyclic) bond motifs is 1. The average molecular weight is 258 g/mol. The van der Waals surface area contributed by atoms with Gasteiger partial charge in [-0.15, -0.1) is 0 Å². The number of hydrogen-bond donors (Lipinski definition) is 2. The minimum Gasteiger partial charge on any atom is -0.382 e. The maximum absolute atomic E-state index is 11.2. The number of unbranched alkanes of at least 4 members (excludes halogenated alkanes) is 2. The molecule has 2 fully saturated rings. The number of carbonyl (C=O) groups excluding carboxylic acids is 1.